The van der Waals surface area contributed by atoms with Gasteiger partial charge in [0.05, 0.1) is 24.2 Å². The summed E-state index contributed by atoms with van der Waals surface area (Å²) < 4.78 is 26.0. The minimum Gasteiger partial charge on any atom is -0.292 e. The van der Waals surface area contributed by atoms with E-state index in [9.17, 15) is 4.57 Å². The number of hydrogen-bond acceptors (Lipinski definition) is 3. The van der Waals surface area contributed by atoms with Crippen LogP contribution < -0.4 is 0 Å². The fourth-order valence-electron chi connectivity index (χ4n) is 2.64. The molecule has 110 valence electrons. The van der Waals surface area contributed by atoms with E-state index in [-0.39, 0.29) is 0 Å². The maximum atomic E-state index is 13.2. The van der Waals surface area contributed by atoms with Crippen molar-refractivity contribution in [3.05, 3.63) is 48.5 Å². The Morgan fingerprint density at radius 3 is 1.71 bits per heavy atom. The molecular weight excluding hydrogens is 285 g/mol. The van der Waals surface area contributed by atoms with E-state index in [2.05, 4.69) is 0 Å². The topological polar surface area (TPSA) is 40.5 Å². The molecule has 0 amide bonds. The summed E-state index contributed by atoms with van der Waals surface area (Å²) in [7, 11) is -3.40. The second kappa shape index (κ2) is 5.64. The summed E-state index contributed by atoms with van der Waals surface area (Å²) in [5, 5.41) is 2.10. The Kier molecular flexibility index (Phi) is 3.85. The summed E-state index contributed by atoms with van der Waals surface area (Å²) in [5.41, 5.74) is 1.73. The van der Waals surface area contributed by atoms with Gasteiger partial charge in [-0.05, 0) is 26.0 Å². The molecule has 21 heavy (non-hydrogen) atoms. The number of para-hydroxylation sites is 2. The molecular formula is C16H18NO3P. The molecule has 0 fully saturated rings. The van der Waals surface area contributed by atoms with Gasteiger partial charge in [-0.25, -0.2) is 8.90 Å². The van der Waals surface area contributed by atoms with Crippen molar-refractivity contribution in [2.75, 3.05) is 13.2 Å². The van der Waals surface area contributed by atoms with Gasteiger partial charge < -0.3 is 0 Å². The van der Waals surface area contributed by atoms with Gasteiger partial charge in [0.1, 0.15) is 0 Å². The molecule has 2 aromatic carbocycles. The molecule has 4 nitrogen and oxygen atoms in total. The Labute approximate surface area is 123 Å². The van der Waals surface area contributed by atoms with E-state index < -0.39 is 7.75 Å². The van der Waals surface area contributed by atoms with E-state index in [1.165, 1.54) is 0 Å². The Bertz CT molecular complexity index is 761. The van der Waals surface area contributed by atoms with Gasteiger partial charge >= 0.3 is 7.75 Å². The monoisotopic (exact) mass is 303 g/mol. The van der Waals surface area contributed by atoms with Gasteiger partial charge in [0.2, 0.25) is 0 Å². The molecule has 1 aromatic heterocycles. The molecule has 1 heterocycles. The lowest BCUT2D eigenvalue weighted by Gasteiger charge is -2.19. The maximum Gasteiger partial charge on any atom is 0.439 e. The highest BCUT2D eigenvalue weighted by molar-refractivity contribution is 7.52. The number of nitrogens with zero attached hydrogens (tertiary/aromatic N) is 1. The van der Waals surface area contributed by atoms with Crippen LogP contribution in [0.1, 0.15) is 13.8 Å². The van der Waals surface area contributed by atoms with Gasteiger partial charge in [0.25, 0.3) is 0 Å². The van der Waals surface area contributed by atoms with Crippen LogP contribution in [0.15, 0.2) is 48.5 Å². The van der Waals surface area contributed by atoms with E-state index in [1.54, 1.807) is 4.34 Å². The fourth-order valence-corrected chi connectivity index (χ4v) is 4.48. The normalized spacial score (nSPS) is 12.3. The van der Waals surface area contributed by atoms with E-state index in [0.717, 1.165) is 21.8 Å². The molecule has 0 saturated heterocycles. The van der Waals surface area contributed by atoms with Gasteiger partial charge in [-0.3, -0.25) is 9.05 Å². The van der Waals surface area contributed by atoms with Crippen LogP contribution in [0.5, 0.6) is 0 Å². The van der Waals surface area contributed by atoms with Crippen molar-refractivity contribution >= 4 is 29.6 Å². The van der Waals surface area contributed by atoms with Gasteiger partial charge in [0, 0.05) is 10.8 Å². The van der Waals surface area contributed by atoms with Crippen molar-refractivity contribution in [2.24, 2.45) is 0 Å². The second-order valence-electron chi connectivity index (χ2n) is 4.65. The first-order chi connectivity index (χ1) is 10.2. The summed E-state index contributed by atoms with van der Waals surface area (Å²) >= 11 is 0. The average Bonchev–Trinajstić information content (AvgIpc) is 2.83. The summed E-state index contributed by atoms with van der Waals surface area (Å²) in [5.74, 6) is 0. The SMILES string of the molecule is CCOP(=O)(OCC)n1c2ccccc2c2ccccc21. The van der Waals surface area contributed by atoms with Crippen molar-refractivity contribution in [2.45, 2.75) is 13.8 Å². The smallest absolute Gasteiger partial charge is 0.292 e. The van der Waals surface area contributed by atoms with Crippen molar-refractivity contribution in [3.8, 4) is 0 Å². The Hall–Kier alpha value is -1.61. The predicted molar refractivity (Wildman–Crippen MR) is 85.7 cm³/mol. The van der Waals surface area contributed by atoms with Gasteiger partial charge in [-0.15, -0.1) is 0 Å². The van der Waals surface area contributed by atoms with Gasteiger partial charge in [-0.1, -0.05) is 36.4 Å². The largest absolute Gasteiger partial charge is 0.439 e. The van der Waals surface area contributed by atoms with E-state index in [0.29, 0.717) is 13.2 Å². The van der Waals surface area contributed by atoms with Crippen LogP contribution >= 0.6 is 7.75 Å². The quantitative estimate of drug-likeness (QED) is 0.634. The molecule has 3 aromatic rings. The fraction of sp³-hybridized carbons (Fsp3) is 0.250. The zero-order chi connectivity index (χ0) is 14.9. The molecule has 0 unspecified atom stereocenters. The summed E-state index contributed by atoms with van der Waals surface area (Å²) in [6.07, 6.45) is 0. The zero-order valence-corrected chi connectivity index (χ0v) is 13.0. The minimum absolute atomic E-state index is 0.331. The summed E-state index contributed by atoms with van der Waals surface area (Å²) in [4.78, 5) is 0. The van der Waals surface area contributed by atoms with Crippen molar-refractivity contribution in [1.29, 1.82) is 0 Å². The molecule has 0 aliphatic carbocycles. The third-order valence-electron chi connectivity index (χ3n) is 3.38. The van der Waals surface area contributed by atoms with Gasteiger partial charge in [-0.2, -0.15) is 0 Å². The van der Waals surface area contributed by atoms with E-state index >= 15 is 0 Å². The minimum atomic E-state index is -3.40. The van der Waals surface area contributed by atoms with Crippen LogP contribution in [-0.2, 0) is 13.6 Å². The number of aromatic nitrogens is 1. The molecule has 0 aliphatic heterocycles. The molecule has 0 bridgehead atoms. The first kappa shape index (κ1) is 14.3. The third kappa shape index (κ3) is 2.30. The molecule has 5 heteroatoms. The Morgan fingerprint density at radius 1 is 0.857 bits per heavy atom. The third-order valence-corrected chi connectivity index (χ3v) is 5.47. The number of rotatable bonds is 5. The Balaban J connectivity index is 2.40. The van der Waals surface area contributed by atoms with Gasteiger partial charge in [0.15, 0.2) is 0 Å². The van der Waals surface area contributed by atoms with Crippen molar-refractivity contribution in [3.63, 3.8) is 0 Å². The van der Waals surface area contributed by atoms with Crippen molar-refractivity contribution < 1.29 is 13.6 Å². The number of hydrogen-bond donors (Lipinski definition) is 0. The zero-order valence-electron chi connectivity index (χ0n) is 12.2. The molecule has 0 saturated carbocycles. The number of fused-ring (bicyclic) bond motifs is 3. The highest BCUT2D eigenvalue weighted by atomic mass is 31.2. The molecule has 0 radical (unpaired) electrons. The van der Waals surface area contributed by atoms with Crippen LogP contribution in [0.4, 0.5) is 0 Å². The summed E-state index contributed by atoms with van der Waals surface area (Å²) in [6, 6.07) is 15.8. The lowest BCUT2D eigenvalue weighted by Crippen LogP contribution is -2.04. The predicted octanol–water partition coefficient (Wildman–Crippen LogP) is 4.82. The van der Waals surface area contributed by atoms with E-state index in [1.807, 2.05) is 62.4 Å². The molecule has 0 spiro atoms. The molecule has 0 N–H and O–H groups in total. The van der Waals surface area contributed by atoms with Crippen LogP contribution in [0.2, 0.25) is 0 Å². The van der Waals surface area contributed by atoms with Crippen LogP contribution in [0.3, 0.4) is 0 Å². The summed E-state index contributed by atoms with van der Waals surface area (Å²) in [6.45, 7) is 4.30. The van der Waals surface area contributed by atoms with E-state index in [4.69, 9.17) is 9.05 Å². The van der Waals surface area contributed by atoms with Crippen LogP contribution in [0.25, 0.3) is 21.8 Å². The second-order valence-corrected chi connectivity index (χ2v) is 6.50. The average molecular weight is 303 g/mol. The number of benzene rings is 2. The first-order valence-electron chi connectivity index (χ1n) is 7.09. The highest BCUT2D eigenvalue weighted by Crippen LogP contribution is 2.54. The molecule has 0 aliphatic rings. The standard InChI is InChI=1S/C16H18NO3P/c1-3-19-21(18,20-4-2)17-15-11-7-5-9-13(15)14-10-6-8-12-16(14)17/h5-12H,3-4H2,1-2H3. The lowest BCUT2D eigenvalue weighted by molar-refractivity contribution is 0.214. The lowest BCUT2D eigenvalue weighted by atomic mass is 10.2. The van der Waals surface area contributed by atoms with Crippen LogP contribution in [-0.4, -0.2) is 17.6 Å². The van der Waals surface area contributed by atoms with Crippen LogP contribution in [0, 0.1) is 0 Å². The maximum absolute atomic E-state index is 13.2. The molecule has 3 rings (SSSR count). The Morgan fingerprint density at radius 2 is 1.29 bits per heavy atom. The first-order valence-corrected chi connectivity index (χ1v) is 8.59. The highest BCUT2D eigenvalue weighted by Gasteiger charge is 2.30. The molecule has 0 atom stereocenters. The van der Waals surface area contributed by atoms with Crippen molar-refractivity contribution in [1.82, 2.24) is 4.34 Å².